The Morgan fingerprint density at radius 1 is 1.19 bits per heavy atom. The summed E-state index contributed by atoms with van der Waals surface area (Å²) < 4.78 is 23.8. The van der Waals surface area contributed by atoms with Gasteiger partial charge in [-0.3, -0.25) is 9.35 Å². The van der Waals surface area contributed by atoms with Gasteiger partial charge in [-0.1, -0.05) is 49.4 Å². The molecule has 0 amide bonds. The maximum Gasteiger partial charge on any atom is 0.324 e. The van der Waals surface area contributed by atoms with E-state index in [-0.39, 0.29) is 11.8 Å². The van der Waals surface area contributed by atoms with Crippen molar-refractivity contribution in [3.63, 3.8) is 0 Å². The molecule has 9 heteroatoms. The summed E-state index contributed by atoms with van der Waals surface area (Å²) in [5.74, 6) is 0.153. The van der Waals surface area contributed by atoms with Crippen LogP contribution in [-0.2, 0) is 28.5 Å². The first-order valence-electron chi connectivity index (χ1n) is 10.4. The Bertz CT molecular complexity index is 1010. The maximum atomic E-state index is 12.3. The molecular formula is C23H27N3O4S2. The van der Waals surface area contributed by atoms with E-state index in [1.165, 1.54) is 0 Å². The fourth-order valence-electron chi connectivity index (χ4n) is 3.21. The largest absolute Gasteiger partial charge is 0.324 e. The first-order valence-corrected chi connectivity index (χ1v) is 12.4. The lowest BCUT2D eigenvalue weighted by atomic mass is 10.0. The molecule has 0 saturated heterocycles. The van der Waals surface area contributed by atoms with Gasteiger partial charge in [0, 0.05) is 17.4 Å². The molecular weight excluding hydrogens is 446 g/mol. The Balaban J connectivity index is 1.58. The van der Waals surface area contributed by atoms with Crippen molar-refractivity contribution in [2.75, 3.05) is 12.0 Å². The Labute approximate surface area is 194 Å². The zero-order valence-corrected chi connectivity index (χ0v) is 19.5. The zero-order chi connectivity index (χ0) is 22.8. The van der Waals surface area contributed by atoms with Gasteiger partial charge in [-0.2, -0.15) is 4.21 Å². The molecule has 2 aromatic carbocycles. The maximum absolute atomic E-state index is 12.3. The number of nitrogens with zero attached hydrogens (tertiary/aromatic N) is 1. The second-order valence-electron chi connectivity index (χ2n) is 7.23. The van der Waals surface area contributed by atoms with Crippen LogP contribution in [0.15, 0.2) is 60.0 Å². The van der Waals surface area contributed by atoms with Gasteiger partial charge in [-0.05, 0) is 43.5 Å². The van der Waals surface area contributed by atoms with Gasteiger partial charge in [-0.15, -0.1) is 15.6 Å². The van der Waals surface area contributed by atoms with Crippen LogP contribution in [0.4, 0.5) is 5.69 Å². The van der Waals surface area contributed by atoms with Gasteiger partial charge in [0.15, 0.2) is 5.78 Å². The summed E-state index contributed by atoms with van der Waals surface area (Å²) in [6.07, 6.45) is 2.86. The smallest absolute Gasteiger partial charge is 0.308 e. The number of Topliss-reactive ketones (excluding diaryl/α,β-unsaturated/α-hetero) is 1. The van der Waals surface area contributed by atoms with Gasteiger partial charge in [0.1, 0.15) is 5.01 Å². The Morgan fingerprint density at radius 3 is 2.59 bits per heavy atom. The number of ketones is 1. The van der Waals surface area contributed by atoms with E-state index in [0.29, 0.717) is 18.7 Å². The Kier molecular flexibility index (Phi) is 9.51. The monoisotopic (exact) mass is 473 g/mol. The van der Waals surface area contributed by atoms with E-state index in [0.717, 1.165) is 41.1 Å². The number of rotatable bonds is 13. The third kappa shape index (κ3) is 7.61. The number of benzene rings is 2. The van der Waals surface area contributed by atoms with Crippen LogP contribution in [0.25, 0.3) is 0 Å². The first-order chi connectivity index (χ1) is 15.5. The number of anilines is 1. The molecule has 0 fully saturated rings. The van der Waals surface area contributed by atoms with E-state index in [2.05, 4.69) is 27.4 Å². The molecule has 0 aliphatic carbocycles. The van der Waals surface area contributed by atoms with Gasteiger partial charge < -0.3 is 5.32 Å². The second kappa shape index (κ2) is 12.6. The molecule has 1 aromatic heterocycles. The lowest BCUT2D eigenvalue weighted by Gasteiger charge is -2.17. The van der Waals surface area contributed by atoms with Gasteiger partial charge >= 0.3 is 11.4 Å². The summed E-state index contributed by atoms with van der Waals surface area (Å²) in [6, 6.07) is 16.9. The van der Waals surface area contributed by atoms with Gasteiger partial charge in [0.2, 0.25) is 0 Å². The second-order valence-corrected chi connectivity index (χ2v) is 8.72. The quantitative estimate of drug-likeness (QED) is 0.143. The normalized spacial score (nSPS) is 12.9. The number of carbonyl (C=O) groups is 1. The third-order valence-corrected chi connectivity index (χ3v) is 6.15. The number of hydrogen-bond donors (Lipinski definition) is 3. The Hall–Kier alpha value is -2.43. The zero-order valence-electron chi connectivity index (χ0n) is 17.8. The summed E-state index contributed by atoms with van der Waals surface area (Å²) in [6.45, 7) is 2.80. The summed E-state index contributed by atoms with van der Waals surface area (Å²) in [7, 11) is 0. The molecule has 3 aromatic rings. The first kappa shape index (κ1) is 24.2. The number of nitrogens with one attached hydrogen (secondary N) is 2. The molecule has 2 atom stereocenters. The van der Waals surface area contributed by atoms with Crippen LogP contribution in [0.1, 0.15) is 52.4 Å². The molecule has 3 rings (SSSR count). The van der Waals surface area contributed by atoms with Crippen molar-refractivity contribution in [3.05, 3.63) is 81.8 Å². The van der Waals surface area contributed by atoms with Crippen molar-refractivity contribution >= 4 is 34.2 Å². The van der Waals surface area contributed by atoms with Crippen molar-refractivity contribution in [1.82, 2.24) is 10.3 Å². The summed E-state index contributed by atoms with van der Waals surface area (Å²) in [4.78, 5) is 17.1. The highest BCUT2D eigenvalue weighted by Gasteiger charge is 2.16. The topological polar surface area (TPSA) is 101 Å². The summed E-state index contributed by atoms with van der Waals surface area (Å²) in [5.41, 5.74) is 5.92. The summed E-state index contributed by atoms with van der Waals surface area (Å²) in [5, 5.41) is 6.68. The minimum atomic E-state index is -2.38. The number of carbonyl (C=O) groups excluding carboxylic acids is 1. The van der Waals surface area contributed by atoms with E-state index in [1.807, 2.05) is 42.5 Å². The van der Waals surface area contributed by atoms with Crippen LogP contribution in [0.5, 0.6) is 0 Å². The third-order valence-electron chi connectivity index (χ3n) is 4.92. The number of hydrogen-bond acceptors (Lipinski definition) is 7. The van der Waals surface area contributed by atoms with Crippen LogP contribution in [-0.4, -0.2) is 26.1 Å². The minimum Gasteiger partial charge on any atom is -0.308 e. The van der Waals surface area contributed by atoms with Crippen LogP contribution in [0, 0.1) is 0 Å². The number of aromatic nitrogens is 1. The van der Waals surface area contributed by atoms with E-state index >= 15 is 0 Å². The molecule has 0 aliphatic rings. The SMILES string of the molecule is CCc1csc([C@H](Cc2ccc(NOS(=O)O)cc2)NCCCC(=O)c2ccccc2)n1. The van der Waals surface area contributed by atoms with E-state index < -0.39 is 11.4 Å². The summed E-state index contributed by atoms with van der Waals surface area (Å²) >= 11 is -0.734. The molecule has 0 aliphatic heterocycles. The predicted molar refractivity (Wildman–Crippen MR) is 128 cm³/mol. The van der Waals surface area contributed by atoms with Crippen molar-refractivity contribution in [2.45, 2.75) is 38.6 Å². The van der Waals surface area contributed by atoms with Gasteiger partial charge in [-0.25, -0.2) is 10.5 Å². The standard InChI is InChI=1S/C23H27N3O4S2/c1-2-19-16-31-23(25-19)21(15-17-10-12-20(13-11-17)26-30-32(28)29)24-14-6-9-22(27)18-7-4-3-5-8-18/h3-5,7-8,10-13,16,21,24,26H,2,6,9,14-15H2,1H3,(H,28,29)/t21-/m0/s1. The lowest BCUT2D eigenvalue weighted by molar-refractivity contribution is 0.0979. The van der Waals surface area contributed by atoms with E-state index in [9.17, 15) is 9.00 Å². The van der Waals surface area contributed by atoms with Crippen LogP contribution in [0.2, 0.25) is 0 Å². The van der Waals surface area contributed by atoms with Gasteiger partial charge in [0.25, 0.3) is 0 Å². The van der Waals surface area contributed by atoms with Gasteiger partial charge in [0.05, 0.1) is 17.4 Å². The molecule has 0 spiro atoms. The molecule has 3 N–H and O–H groups in total. The molecule has 1 heterocycles. The molecule has 0 saturated carbocycles. The Morgan fingerprint density at radius 2 is 1.94 bits per heavy atom. The lowest BCUT2D eigenvalue weighted by Crippen LogP contribution is -2.25. The van der Waals surface area contributed by atoms with Crippen molar-refractivity contribution < 1.29 is 17.8 Å². The molecule has 32 heavy (non-hydrogen) atoms. The van der Waals surface area contributed by atoms with Crippen LogP contribution in [0.3, 0.4) is 0 Å². The highest BCUT2D eigenvalue weighted by Crippen LogP contribution is 2.24. The molecule has 0 radical (unpaired) electrons. The highest BCUT2D eigenvalue weighted by molar-refractivity contribution is 7.74. The highest BCUT2D eigenvalue weighted by atomic mass is 32.2. The fourth-order valence-corrected chi connectivity index (χ4v) is 4.36. The molecule has 0 bridgehead atoms. The molecule has 7 nitrogen and oxygen atoms in total. The number of thiazole rings is 1. The van der Waals surface area contributed by atoms with E-state index in [4.69, 9.17) is 9.54 Å². The average Bonchev–Trinajstić information content (AvgIpc) is 3.30. The van der Waals surface area contributed by atoms with E-state index in [1.54, 1.807) is 23.5 Å². The van der Waals surface area contributed by atoms with Crippen molar-refractivity contribution in [2.24, 2.45) is 0 Å². The van der Waals surface area contributed by atoms with Crippen molar-refractivity contribution in [1.29, 1.82) is 0 Å². The average molecular weight is 474 g/mol. The minimum absolute atomic E-state index is 0.0344. The number of aryl methyl sites for hydroxylation is 1. The fraction of sp³-hybridized carbons (Fsp3) is 0.304. The predicted octanol–water partition coefficient (Wildman–Crippen LogP) is 4.72. The van der Waals surface area contributed by atoms with Crippen molar-refractivity contribution in [3.8, 4) is 0 Å². The van der Waals surface area contributed by atoms with Crippen LogP contribution < -0.4 is 10.8 Å². The van der Waals surface area contributed by atoms with Crippen LogP contribution >= 0.6 is 11.3 Å². The molecule has 170 valence electrons. The molecule has 1 unspecified atom stereocenters.